The third kappa shape index (κ3) is 3.34. The smallest absolute Gasteiger partial charge is 0.353 e. The molecule has 27 heavy (non-hydrogen) atoms. The molecule has 1 aliphatic heterocycles. The maximum absolute atomic E-state index is 13.9. The van der Waals surface area contributed by atoms with E-state index >= 15 is 0 Å². The van der Waals surface area contributed by atoms with E-state index in [0.717, 1.165) is 6.20 Å². The van der Waals surface area contributed by atoms with Crippen molar-refractivity contribution in [3.05, 3.63) is 36.3 Å². The number of hydrogen-bond donors (Lipinski definition) is 0. The van der Waals surface area contributed by atoms with Crippen molar-refractivity contribution >= 4 is 17.3 Å². The van der Waals surface area contributed by atoms with Gasteiger partial charge in [-0.05, 0) is 18.6 Å². The molecule has 0 spiro atoms. The van der Waals surface area contributed by atoms with E-state index in [1.54, 1.807) is 11.0 Å². The molecule has 0 unspecified atom stereocenters. The quantitative estimate of drug-likeness (QED) is 0.626. The molecule has 8 nitrogen and oxygen atoms in total. The second-order valence-electron chi connectivity index (χ2n) is 6.00. The van der Waals surface area contributed by atoms with Gasteiger partial charge in [-0.25, -0.2) is 14.4 Å². The Morgan fingerprint density at radius 1 is 0.963 bits per heavy atom. The molecule has 1 saturated heterocycles. The monoisotopic (exact) mass is 382 g/mol. The summed E-state index contributed by atoms with van der Waals surface area (Å²) in [5.41, 5.74) is 0.0191. The number of hydrogen-bond acceptors (Lipinski definition) is 7. The lowest BCUT2D eigenvalue weighted by Gasteiger charge is -2.23. The average molecular weight is 382 g/mol. The fourth-order valence-electron chi connectivity index (χ4n) is 3.02. The largest absolute Gasteiger partial charge is 0.453 e. The Morgan fingerprint density at radius 2 is 1.74 bits per heavy atom. The summed E-state index contributed by atoms with van der Waals surface area (Å²) in [6, 6.07) is 3.04. The van der Waals surface area contributed by atoms with Crippen LogP contribution in [-0.2, 0) is 6.18 Å². The van der Waals surface area contributed by atoms with Gasteiger partial charge in [0.15, 0.2) is 17.3 Å². The number of rotatable bonds is 2. The van der Waals surface area contributed by atoms with Gasteiger partial charge in [-0.1, -0.05) is 0 Å². The van der Waals surface area contributed by atoms with Crippen LogP contribution in [0.4, 0.5) is 29.2 Å². The van der Waals surface area contributed by atoms with Crippen LogP contribution in [0.2, 0.25) is 0 Å². The first-order valence-electron chi connectivity index (χ1n) is 8.18. The van der Waals surface area contributed by atoms with Crippen molar-refractivity contribution in [1.82, 2.24) is 29.8 Å². The van der Waals surface area contributed by atoms with E-state index in [2.05, 4.69) is 25.3 Å². The number of alkyl halides is 3. The highest BCUT2D eigenvalue weighted by Gasteiger charge is 2.37. The number of halogens is 4. The molecular formula is C15H14F4N8. The van der Waals surface area contributed by atoms with Gasteiger partial charge >= 0.3 is 6.18 Å². The van der Waals surface area contributed by atoms with E-state index in [1.807, 2.05) is 4.90 Å². The molecule has 0 bridgehead atoms. The van der Waals surface area contributed by atoms with Crippen LogP contribution in [0.1, 0.15) is 12.2 Å². The second kappa shape index (κ2) is 6.59. The van der Waals surface area contributed by atoms with Gasteiger partial charge in [0.25, 0.3) is 5.82 Å². The first-order valence-corrected chi connectivity index (χ1v) is 8.18. The maximum Gasteiger partial charge on any atom is 0.453 e. The highest BCUT2D eigenvalue weighted by Crippen LogP contribution is 2.28. The lowest BCUT2D eigenvalue weighted by atomic mass is 10.3. The number of anilines is 2. The fourth-order valence-corrected chi connectivity index (χ4v) is 3.02. The molecule has 0 radical (unpaired) electrons. The van der Waals surface area contributed by atoms with Gasteiger partial charge in [0.2, 0.25) is 0 Å². The molecule has 1 aliphatic rings. The Bertz CT molecular complexity index is 956. The molecule has 4 heterocycles. The Hall–Kier alpha value is -3.05. The lowest BCUT2D eigenvalue weighted by molar-refractivity contribution is -0.146. The molecule has 4 rings (SSSR count). The van der Waals surface area contributed by atoms with Crippen molar-refractivity contribution < 1.29 is 17.6 Å². The van der Waals surface area contributed by atoms with Crippen LogP contribution in [0.5, 0.6) is 0 Å². The normalized spacial score (nSPS) is 16.0. The number of aromatic nitrogens is 6. The lowest BCUT2D eigenvalue weighted by Crippen LogP contribution is -2.32. The van der Waals surface area contributed by atoms with Crippen molar-refractivity contribution in [3.63, 3.8) is 0 Å². The van der Waals surface area contributed by atoms with E-state index in [-0.39, 0.29) is 11.5 Å². The Balaban J connectivity index is 1.58. The van der Waals surface area contributed by atoms with Gasteiger partial charge in [-0.3, -0.25) is 0 Å². The summed E-state index contributed by atoms with van der Waals surface area (Å²) in [5, 5.41) is 10.7. The van der Waals surface area contributed by atoms with Crippen molar-refractivity contribution in [1.29, 1.82) is 0 Å². The second-order valence-corrected chi connectivity index (χ2v) is 6.00. The van der Waals surface area contributed by atoms with Crippen LogP contribution in [0, 0.1) is 5.82 Å². The predicted octanol–water partition coefficient (Wildman–Crippen LogP) is 1.79. The highest BCUT2D eigenvalue weighted by atomic mass is 19.4. The van der Waals surface area contributed by atoms with Crippen molar-refractivity contribution in [2.45, 2.75) is 12.6 Å². The summed E-state index contributed by atoms with van der Waals surface area (Å²) in [6.45, 7) is 2.02. The van der Waals surface area contributed by atoms with E-state index < -0.39 is 17.8 Å². The molecule has 0 amide bonds. The standard InChI is InChI=1S/C15H14F4N8/c16-10-8-20-9-21-13(10)26-5-1-4-25(6-7-26)12-3-2-11-22-23-14(15(17,18)19)27(11)24-12/h2-3,8-9H,1,4-7H2. The molecule has 0 atom stereocenters. The molecule has 12 heteroatoms. The topological polar surface area (TPSA) is 75.3 Å². The summed E-state index contributed by atoms with van der Waals surface area (Å²) in [5.74, 6) is -1.09. The van der Waals surface area contributed by atoms with E-state index in [4.69, 9.17) is 0 Å². The van der Waals surface area contributed by atoms with Gasteiger partial charge in [-0.15, -0.1) is 15.3 Å². The average Bonchev–Trinajstić information content (AvgIpc) is 2.92. The zero-order valence-corrected chi connectivity index (χ0v) is 13.9. The minimum Gasteiger partial charge on any atom is -0.353 e. The van der Waals surface area contributed by atoms with E-state index in [1.165, 1.54) is 12.4 Å². The Morgan fingerprint density at radius 3 is 2.52 bits per heavy atom. The van der Waals surface area contributed by atoms with Crippen LogP contribution in [0.3, 0.4) is 0 Å². The Kier molecular flexibility index (Phi) is 4.24. The zero-order chi connectivity index (χ0) is 19.0. The molecule has 1 fully saturated rings. The molecule has 142 valence electrons. The third-order valence-electron chi connectivity index (χ3n) is 4.27. The van der Waals surface area contributed by atoms with Crippen LogP contribution in [0.15, 0.2) is 24.7 Å². The van der Waals surface area contributed by atoms with Crippen molar-refractivity contribution in [2.75, 3.05) is 36.0 Å². The molecule has 0 saturated carbocycles. The molecule has 3 aromatic heterocycles. The van der Waals surface area contributed by atoms with Gasteiger partial charge in [0.05, 0.1) is 6.20 Å². The summed E-state index contributed by atoms with van der Waals surface area (Å²) >= 11 is 0. The minimum atomic E-state index is -4.65. The van der Waals surface area contributed by atoms with Crippen molar-refractivity contribution in [3.8, 4) is 0 Å². The predicted molar refractivity (Wildman–Crippen MR) is 86.8 cm³/mol. The molecule has 0 aliphatic carbocycles. The van der Waals surface area contributed by atoms with Crippen LogP contribution in [-0.4, -0.2) is 56.0 Å². The van der Waals surface area contributed by atoms with Gasteiger partial charge in [0.1, 0.15) is 12.1 Å². The van der Waals surface area contributed by atoms with Crippen LogP contribution >= 0.6 is 0 Å². The number of nitrogens with zero attached hydrogens (tertiary/aromatic N) is 8. The maximum atomic E-state index is 13.9. The van der Waals surface area contributed by atoms with Crippen LogP contribution < -0.4 is 9.80 Å². The minimum absolute atomic E-state index is 0.0191. The highest BCUT2D eigenvalue weighted by molar-refractivity contribution is 5.47. The SMILES string of the molecule is Fc1cncnc1N1CCCN(c2ccc3nnc(C(F)(F)F)n3n2)CC1. The van der Waals surface area contributed by atoms with E-state index in [9.17, 15) is 17.6 Å². The molecule has 3 aromatic rings. The van der Waals surface area contributed by atoms with Gasteiger partial charge in [-0.2, -0.15) is 17.7 Å². The molecule has 0 aromatic carbocycles. The summed E-state index contributed by atoms with van der Waals surface area (Å²) in [7, 11) is 0. The molecule has 0 N–H and O–H groups in total. The summed E-state index contributed by atoms with van der Waals surface area (Å²) in [6.07, 6.45) is -1.60. The third-order valence-corrected chi connectivity index (χ3v) is 4.27. The summed E-state index contributed by atoms with van der Waals surface area (Å²) in [4.78, 5) is 11.2. The number of fused-ring (bicyclic) bond motifs is 1. The summed E-state index contributed by atoms with van der Waals surface area (Å²) < 4.78 is 53.7. The fraction of sp³-hybridized carbons (Fsp3) is 0.400. The molecular weight excluding hydrogens is 368 g/mol. The zero-order valence-electron chi connectivity index (χ0n) is 13.9. The van der Waals surface area contributed by atoms with Gasteiger partial charge in [0, 0.05) is 26.2 Å². The van der Waals surface area contributed by atoms with Crippen molar-refractivity contribution in [2.24, 2.45) is 0 Å². The van der Waals surface area contributed by atoms with Crippen LogP contribution in [0.25, 0.3) is 5.65 Å². The first-order chi connectivity index (χ1) is 12.9. The van der Waals surface area contributed by atoms with E-state index in [0.29, 0.717) is 42.9 Å². The van der Waals surface area contributed by atoms with Gasteiger partial charge < -0.3 is 9.80 Å². The Labute approximate surface area is 150 Å². The first kappa shape index (κ1) is 17.4.